The van der Waals surface area contributed by atoms with Crippen molar-refractivity contribution in [2.75, 3.05) is 18.6 Å². The van der Waals surface area contributed by atoms with Gasteiger partial charge in [-0.3, -0.25) is 9.59 Å². The lowest BCUT2D eigenvalue weighted by atomic mass is 10.1. The van der Waals surface area contributed by atoms with Gasteiger partial charge in [-0.2, -0.15) is 0 Å². The summed E-state index contributed by atoms with van der Waals surface area (Å²) >= 11 is 5.87. The van der Waals surface area contributed by atoms with Crippen LogP contribution < -0.4 is 15.0 Å². The number of halogens is 1. The third kappa shape index (κ3) is 3.51. The standard InChI is InChI=1S/C18H17ClN2O3/c1-24-16-4-2-3-12(9-16)18(23)20-14-10-17(22)21(11-14)15-7-5-13(19)6-8-15/h2-9,14H,10-11H2,1H3,(H,20,23)/t14-/m1/s1. The Bertz CT molecular complexity index is 761. The molecule has 1 N–H and O–H groups in total. The number of benzene rings is 2. The zero-order valence-electron chi connectivity index (χ0n) is 13.2. The highest BCUT2D eigenvalue weighted by Crippen LogP contribution is 2.23. The molecule has 1 atom stereocenters. The van der Waals surface area contributed by atoms with Crippen molar-refractivity contribution < 1.29 is 14.3 Å². The molecule has 0 aromatic heterocycles. The molecule has 5 nitrogen and oxygen atoms in total. The fraction of sp³-hybridized carbons (Fsp3) is 0.222. The summed E-state index contributed by atoms with van der Waals surface area (Å²) in [6.07, 6.45) is 0.276. The first-order chi connectivity index (χ1) is 11.6. The molecule has 124 valence electrons. The molecule has 0 saturated carbocycles. The summed E-state index contributed by atoms with van der Waals surface area (Å²) < 4.78 is 5.12. The minimum absolute atomic E-state index is 0.0201. The fourth-order valence-electron chi connectivity index (χ4n) is 2.71. The van der Waals surface area contributed by atoms with Crippen LogP contribution in [0.2, 0.25) is 5.02 Å². The number of anilines is 1. The van der Waals surface area contributed by atoms with E-state index in [9.17, 15) is 9.59 Å². The molecule has 2 amide bonds. The van der Waals surface area contributed by atoms with E-state index in [0.717, 1.165) is 5.69 Å². The number of amides is 2. The molecule has 0 spiro atoms. The molecule has 0 bridgehead atoms. The molecule has 0 aliphatic carbocycles. The molecule has 2 aromatic rings. The van der Waals surface area contributed by atoms with Crippen LogP contribution in [-0.2, 0) is 4.79 Å². The first kappa shape index (κ1) is 16.3. The third-order valence-corrected chi connectivity index (χ3v) is 4.18. The van der Waals surface area contributed by atoms with E-state index in [2.05, 4.69) is 5.32 Å². The van der Waals surface area contributed by atoms with Gasteiger partial charge in [0.05, 0.1) is 13.2 Å². The molecule has 1 aliphatic heterocycles. The van der Waals surface area contributed by atoms with Crippen LogP contribution in [0.4, 0.5) is 5.69 Å². The van der Waals surface area contributed by atoms with Crippen LogP contribution in [0.25, 0.3) is 0 Å². The second kappa shape index (κ2) is 6.93. The summed E-state index contributed by atoms with van der Waals surface area (Å²) in [4.78, 5) is 26.2. The second-order valence-corrected chi connectivity index (χ2v) is 6.02. The number of hydrogen-bond acceptors (Lipinski definition) is 3. The Morgan fingerprint density at radius 1 is 1.25 bits per heavy atom. The monoisotopic (exact) mass is 344 g/mol. The highest BCUT2D eigenvalue weighted by atomic mass is 35.5. The lowest BCUT2D eigenvalue weighted by Crippen LogP contribution is -2.37. The van der Waals surface area contributed by atoms with Crippen LogP contribution >= 0.6 is 11.6 Å². The van der Waals surface area contributed by atoms with Crippen LogP contribution in [0.5, 0.6) is 5.75 Å². The molecule has 0 unspecified atom stereocenters. The van der Waals surface area contributed by atoms with Crippen molar-refractivity contribution in [2.24, 2.45) is 0 Å². The van der Waals surface area contributed by atoms with Gasteiger partial charge in [-0.15, -0.1) is 0 Å². The summed E-state index contributed by atoms with van der Waals surface area (Å²) in [5.74, 6) is 0.380. The van der Waals surface area contributed by atoms with Gasteiger partial charge in [0.25, 0.3) is 5.91 Å². The zero-order chi connectivity index (χ0) is 17.1. The third-order valence-electron chi connectivity index (χ3n) is 3.93. The van der Waals surface area contributed by atoms with Gasteiger partial charge in [0.1, 0.15) is 5.75 Å². The second-order valence-electron chi connectivity index (χ2n) is 5.59. The first-order valence-electron chi connectivity index (χ1n) is 7.57. The highest BCUT2D eigenvalue weighted by molar-refractivity contribution is 6.30. The van der Waals surface area contributed by atoms with Gasteiger partial charge in [-0.25, -0.2) is 0 Å². The number of carbonyl (C=O) groups is 2. The Kier molecular flexibility index (Phi) is 4.71. The number of nitrogens with zero attached hydrogens (tertiary/aromatic N) is 1. The molecule has 24 heavy (non-hydrogen) atoms. The maximum absolute atomic E-state index is 12.3. The van der Waals surface area contributed by atoms with Crippen LogP contribution in [0.1, 0.15) is 16.8 Å². The van der Waals surface area contributed by atoms with E-state index < -0.39 is 0 Å². The Labute approximate surface area is 145 Å². The van der Waals surface area contributed by atoms with Gasteiger partial charge in [0, 0.05) is 29.2 Å². The molecule has 1 fully saturated rings. The first-order valence-corrected chi connectivity index (χ1v) is 7.95. The Morgan fingerprint density at radius 3 is 2.71 bits per heavy atom. The maximum atomic E-state index is 12.3. The molecule has 1 saturated heterocycles. The Hall–Kier alpha value is -2.53. The number of ether oxygens (including phenoxy) is 1. The Morgan fingerprint density at radius 2 is 2.00 bits per heavy atom. The van der Waals surface area contributed by atoms with Crippen molar-refractivity contribution >= 4 is 29.1 Å². The molecule has 1 heterocycles. The average molecular weight is 345 g/mol. The van der Waals surface area contributed by atoms with Crippen LogP contribution in [-0.4, -0.2) is 31.5 Å². The molecular formula is C18H17ClN2O3. The fourth-order valence-corrected chi connectivity index (χ4v) is 2.83. The van der Waals surface area contributed by atoms with Crippen molar-refractivity contribution in [3.63, 3.8) is 0 Å². The van der Waals surface area contributed by atoms with Gasteiger partial charge >= 0.3 is 0 Å². The van der Waals surface area contributed by atoms with E-state index in [1.807, 2.05) is 0 Å². The summed E-state index contributed by atoms with van der Waals surface area (Å²) in [6.45, 7) is 0.441. The van der Waals surface area contributed by atoms with Crippen molar-refractivity contribution in [3.8, 4) is 5.75 Å². The maximum Gasteiger partial charge on any atom is 0.251 e. The number of rotatable bonds is 4. The number of hydrogen-bond donors (Lipinski definition) is 1. The average Bonchev–Trinajstić information content (AvgIpc) is 2.96. The minimum Gasteiger partial charge on any atom is -0.497 e. The molecule has 1 aliphatic rings. The highest BCUT2D eigenvalue weighted by Gasteiger charge is 2.31. The number of nitrogens with one attached hydrogen (secondary N) is 1. The van der Waals surface area contributed by atoms with Gasteiger partial charge in [-0.05, 0) is 42.5 Å². The molecular weight excluding hydrogens is 328 g/mol. The van der Waals surface area contributed by atoms with Crippen LogP contribution in [0, 0.1) is 0 Å². The molecule has 6 heteroatoms. The van der Waals surface area contributed by atoms with E-state index in [-0.39, 0.29) is 24.3 Å². The lowest BCUT2D eigenvalue weighted by molar-refractivity contribution is -0.117. The summed E-state index contributed by atoms with van der Waals surface area (Å²) in [5.41, 5.74) is 1.29. The van der Waals surface area contributed by atoms with Gasteiger partial charge in [-0.1, -0.05) is 17.7 Å². The molecule has 3 rings (SSSR count). The Balaban J connectivity index is 1.67. The van der Waals surface area contributed by atoms with Crippen molar-refractivity contribution in [2.45, 2.75) is 12.5 Å². The quantitative estimate of drug-likeness (QED) is 0.927. The van der Waals surface area contributed by atoms with Crippen molar-refractivity contribution in [3.05, 3.63) is 59.1 Å². The summed E-state index contributed by atoms with van der Waals surface area (Å²) in [7, 11) is 1.55. The van der Waals surface area contributed by atoms with E-state index in [1.54, 1.807) is 60.5 Å². The SMILES string of the molecule is COc1cccc(C(=O)N[C@@H]2CC(=O)N(c3ccc(Cl)cc3)C2)c1. The molecule has 0 radical (unpaired) electrons. The predicted octanol–water partition coefficient (Wildman–Crippen LogP) is 2.88. The largest absolute Gasteiger partial charge is 0.497 e. The van der Waals surface area contributed by atoms with Gasteiger partial charge < -0.3 is 15.0 Å². The molecule has 2 aromatic carbocycles. The van der Waals surface area contributed by atoms with Gasteiger partial charge in [0.2, 0.25) is 5.91 Å². The zero-order valence-corrected chi connectivity index (χ0v) is 13.9. The van der Waals surface area contributed by atoms with E-state index in [1.165, 1.54) is 0 Å². The lowest BCUT2D eigenvalue weighted by Gasteiger charge is -2.17. The number of methoxy groups -OCH3 is 1. The predicted molar refractivity (Wildman–Crippen MR) is 92.7 cm³/mol. The van der Waals surface area contributed by atoms with E-state index in [4.69, 9.17) is 16.3 Å². The van der Waals surface area contributed by atoms with Crippen molar-refractivity contribution in [1.29, 1.82) is 0 Å². The topological polar surface area (TPSA) is 58.6 Å². The number of carbonyl (C=O) groups excluding carboxylic acids is 2. The smallest absolute Gasteiger partial charge is 0.251 e. The van der Waals surface area contributed by atoms with Crippen LogP contribution in [0.3, 0.4) is 0 Å². The van der Waals surface area contributed by atoms with Crippen LogP contribution in [0.15, 0.2) is 48.5 Å². The van der Waals surface area contributed by atoms with Gasteiger partial charge in [0.15, 0.2) is 0 Å². The minimum atomic E-state index is -0.230. The summed E-state index contributed by atoms with van der Waals surface area (Å²) in [6, 6.07) is 13.8. The van der Waals surface area contributed by atoms with E-state index >= 15 is 0 Å². The summed E-state index contributed by atoms with van der Waals surface area (Å²) in [5, 5.41) is 3.52. The van der Waals surface area contributed by atoms with Crippen molar-refractivity contribution in [1.82, 2.24) is 5.32 Å². The normalized spacial score (nSPS) is 17.0. The van der Waals surface area contributed by atoms with E-state index in [0.29, 0.717) is 22.9 Å².